The second kappa shape index (κ2) is 8.54. The number of amides is 1. The van der Waals surface area contributed by atoms with Crippen molar-refractivity contribution < 1.29 is 18.0 Å². The number of hydrogen-bond donors (Lipinski definition) is 3. The van der Waals surface area contributed by atoms with Gasteiger partial charge in [0.25, 0.3) is 5.91 Å². The average molecular weight is 400 g/mol. The molecule has 8 nitrogen and oxygen atoms in total. The van der Waals surface area contributed by atoms with E-state index in [9.17, 15) is 18.0 Å². The number of amidine groups is 1. The first-order valence-electron chi connectivity index (χ1n) is 7.37. The van der Waals surface area contributed by atoms with E-state index >= 15 is 0 Å². The maximum Gasteiger partial charge on any atom is 0.416 e. The number of aliphatic imine (C=N–C) groups is 1. The molecule has 0 unspecified atom stereocenters. The zero-order chi connectivity index (χ0) is 20.0. The lowest BCUT2D eigenvalue weighted by molar-refractivity contribution is -0.137. The number of rotatable bonds is 5. The Bertz CT molecular complexity index is 858. The molecule has 0 spiro atoms. The Hall–Kier alpha value is -3.08. The van der Waals surface area contributed by atoms with Gasteiger partial charge in [0.05, 0.1) is 11.6 Å². The smallest absolute Gasteiger partial charge is 0.341 e. The van der Waals surface area contributed by atoms with Crippen molar-refractivity contribution in [3.05, 3.63) is 47.0 Å². The van der Waals surface area contributed by atoms with Crippen molar-refractivity contribution in [1.29, 1.82) is 5.41 Å². The summed E-state index contributed by atoms with van der Waals surface area (Å²) in [6.45, 7) is 1.51. The van der Waals surface area contributed by atoms with E-state index in [0.717, 1.165) is 6.34 Å². The van der Waals surface area contributed by atoms with Gasteiger partial charge in [0, 0.05) is 12.4 Å². The monoisotopic (exact) mass is 399 g/mol. The van der Waals surface area contributed by atoms with Crippen LogP contribution in [0.25, 0.3) is 0 Å². The van der Waals surface area contributed by atoms with E-state index in [0.29, 0.717) is 12.1 Å². The third kappa shape index (κ3) is 5.71. The molecule has 2 aromatic rings. The number of aromatic nitrogens is 3. The van der Waals surface area contributed by atoms with E-state index in [2.05, 4.69) is 30.6 Å². The molecule has 0 radical (unpaired) electrons. The van der Waals surface area contributed by atoms with Crippen LogP contribution in [0.1, 0.15) is 23.0 Å². The number of anilines is 1. The van der Waals surface area contributed by atoms with Gasteiger partial charge in [0.1, 0.15) is 23.0 Å². The Balaban J connectivity index is 2.19. The molecule has 1 amide bonds. The minimum Gasteiger partial charge on any atom is -0.341 e. The first-order valence-corrected chi connectivity index (χ1v) is 7.75. The third-order valence-corrected chi connectivity index (χ3v) is 3.31. The van der Waals surface area contributed by atoms with Gasteiger partial charge in [-0.3, -0.25) is 10.2 Å². The first-order chi connectivity index (χ1) is 12.7. The zero-order valence-corrected chi connectivity index (χ0v) is 14.5. The summed E-state index contributed by atoms with van der Waals surface area (Å²) in [5.74, 6) is -0.633. The molecule has 0 aliphatic carbocycles. The highest BCUT2D eigenvalue weighted by molar-refractivity contribution is 6.29. The van der Waals surface area contributed by atoms with Crippen LogP contribution in [0.5, 0.6) is 0 Å². The van der Waals surface area contributed by atoms with Crippen molar-refractivity contribution in [1.82, 2.24) is 20.3 Å². The minimum absolute atomic E-state index is 0.0997. The lowest BCUT2D eigenvalue weighted by Gasteiger charge is -2.17. The summed E-state index contributed by atoms with van der Waals surface area (Å²) < 4.78 is 38.6. The van der Waals surface area contributed by atoms with E-state index < -0.39 is 34.5 Å². The molecule has 27 heavy (non-hydrogen) atoms. The molecule has 2 rings (SSSR count). The van der Waals surface area contributed by atoms with Gasteiger partial charge in [-0.25, -0.2) is 19.9 Å². The van der Waals surface area contributed by atoms with Crippen molar-refractivity contribution in [2.75, 3.05) is 5.32 Å². The highest BCUT2D eigenvalue weighted by Crippen LogP contribution is 2.30. The lowest BCUT2D eigenvalue weighted by atomic mass is 10.2. The fourth-order valence-corrected chi connectivity index (χ4v) is 2.12. The molecule has 12 heteroatoms. The molecular weight excluding hydrogens is 387 g/mol. The molecule has 1 atom stereocenters. The van der Waals surface area contributed by atoms with Crippen LogP contribution >= 0.6 is 11.6 Å². The van der Waals surface area contributed by atoms with Crippen LogP contribution in [-0.2, 0) is 6.18 Å². The van der Waals surface area contributed by atoms with E-state index in [1.807, 2.05) is 0 Å². The zero-order valence-electron chi connectivity index (χ0n) is 13.8. The molecular formula is C15H13ClF3N7O. The van der Waals surface area contributed by atoms with Gasteiger partial charge in [0.15, 0.2) is 0 Å². The molecule has 0 aromatic carbocycles. The molecule has 0 saturated heterocycles. The molecule has 0 aliphatic rings. The summed E-state index contributed by atoms with van der Waals surface area (Å²) in [7, 11) is 0. The van der Waals surface area contributed by atoms with Crippen LogP contribution in [-0.4, -0.2) is 39.1 Å². The summed E-state index contributed by atoms with van der Waals surface area (Å²) in [6.07, 6.45) is -1.01. The van der Waals surface area contributed by atoms with Gasteiger partial charge in [0.2, 0.25) is 5.95 Å². The van der Waals surface area contributed by atoms with Gasteiger partial charge >= 0.3 is 6.18 Å². The first kappa shape index (κ1) is 20.2. The van der Waals surface area contributed by atoms with Gasteiger partial charge in [-0.15, -0.1) is 0 Å². The topological polar surface area (TPSA) is 116 Å². The quantitative estimate of drug-likeness (QED) is 0.406. The molecule has 0 saturated carbocycles. The van der Waals surface area contributed by atoms with E-state index in [1.165, 1.54) is 19.3 Å². The van der Waals surface area contributed by atoms with Gasteiger partial charge in [-0.2, -0.15) is 13.2 Å². The van der Waals surface area contributed by atoms with Crippen molar-refractivity contribution >= 4 is 35.6 Å². The molecule has 0 aliphatic heterocycles. The summed E-state index contributed by atoms with van der Waals surface area (Å²) in [4.78, 5) is 27.5. The van der Waals surface area contributed by atoms with E-state index in [4.69, 9.17) is 17.0 Å². The Kier molecular flexibility index (Phi) is 6.40. The number of halogens is 4. The Morgan fingerprint density at radius 2 is 2.00 bits per heavy atom. The largest absolute Gasteiger partial charge is 0.416 e. The van der Waals surface area contributed by atoms with Gasteiger partial charge in [-0.1, -0.05) is 11.6 Å². The summed E-state index contributed by atoms with van der Waals surface area (Å²) in [5.41, 5.74) is -1.60. The number of nitrogens with one attached hydrogen (secondary N) is 3. The Morgan fingerprint density at radius 1 is 1.33 bits per heavy atom. The molecule has 142 valence electrons. The summed E-state index contributed by atoms with van der Waals surface area (Å²) in [5, 5.41) is 11.8. The van der Waals surface area contributed by atoms with E-state index in [1.54, 1.807) is 6.07 Å². The number of carbonyl (C=O) groups is 1. The second-order valence-corrected chi connectivity index (χ2v) is 5.48. The number of pyridine rings is 1. The molecule has 0 bridgehead atoms. The Morgan fingerprint density at radius 3 is 2.59 bits per heavy atom. The van der Waals surface area contributed by atoms with Crippen molar-refractivity contribution in [3.8, 4) is 0 Å². The highest BCUT2D eigenvalue weighted by Gasteiger charge is 2.32. The fourth-order valence-electron chi connectivity index (χ4n) is 1.92. The number of carbonyl (C=O) groups excluding carboxylic acids is 1. The number of nitrogens with zero attached hydrogens (tertiary/aromatic N) is 4. The van der Waals surface area contributed by atoms with Crippen molar-refractivity contribution in [2.24, 2.45) is 4.99 Å². The Labute approximate surface area is 156 Å². The van der Waals surface area contributed by atoms with Crippen molar-refractivity contribution in [3.63, 3.8) is 0 Å². The van der Waals surface area contributed by atoms with Gasteiger partial charge in [-0.05, 0) is 25.1 Å². The van der Waals surface area contributed by atoms with Crippen LogP contribution in [0.2, 0.25) is 5.15 Å². The van der Waals surface area contributed by atoms with Gasteiger partial charge < -0.3 is 10.6 Å². The van der Waals surface area contributed by atoms with E-state index in [-0.39, 0.29) is 11.8 Å². The summed E-state index contributed by atoms with van der Waals surface area (Å²) in [6, 6.07) is 1.98. The molecule has 3 N–H and O–H groups in total. The predicted molar refractivity (Wildman–Crippen MR) is 93.1 cm³/mol. The highest BCUT2D eigenvalue weighted by atomic mass is 35.5. The molecule has 2 heterocycles. The SMILES string of the molecule is C[C@H](NC(=O)c1cc(C(F)(F)F)cc(Cl)n1)/C(=N/C=N)Nc1ncccn1. The van der Waals surface area contributed by atoms with Crippen LogP contribution in [0.3, 0.4) is 0 Å². The maximum absolute atomic E-state index is 12.9. The molecule has 0 fully saturated rings. The normalized spacial score (nSPS) is 13.0. The maximum atomic E-state index is 12.9. The van der Waals surface area contributed by atoms with Crippen LogP contribution < -0.4 is 10.6 Å². The summed E-state index contributed by atoms with van der Waals surface area (Å²) >= 11 is 5.58. The van der Waals surface area contributed by atoms with Crippen LogP contribution in [0, 0.1) is 5.41 Å². The number of hydrogen-bond acceptors (Lipinski definition) is 5. The van der Waals surface area contributed by atoms with Crippen LogP contribution in [0.15, 0.2) is 35.6 Å². The lowest BCUT2D eigenvalue weighted by Crippen LogP contribution is -2.42. The van der Waals surface area contributed by atoms with Crippen molar-refractivity contribution in [2.45, 2.75) is 19.1 Å². The minimum atomic E-state index is -4.67. The third-order valence-electron chi connectivity index (χ3n) is 3.12. The second-order valence-electron chi connectivity index (χ2n) is 5.10. The van der Waals surface area contributed by atoms with Crippen LogP contribution in [0.4, 0.5) is 19.1 Å². The number of alkyl halides is 3. The fraction of sp³-hybridized carbons (Fsp3) is 0.200. The molecule has 2 aromatic heterocycles. The standard InChI is InChI=1S/C15H13ClF3N7O/c1-8(12(23-7-20)26-14-21-3-2-4-22-14)24-13(27)10-5-9(15(17,18)19)6-11(16)25-10/h2-8H,1H3,(H,24,27)(H2,20,21,22,23,26)/t8-/m0/s1. The average Bonchev–Trinajstić information content (AvgIpc) is 2.61. The predicted octanol–water partition coefficient (Wildman–Crippen LogP) is 2.78.